The monoisotopic (exact) mass is 557 g/mol. The molecule has 3 aromatic rings. The zero-order chi connectivity index (χ0) is 26.1. The number of carbonyl (C=O) groups excluding carboxylic acids is 1. The second kappa shape index (κ2) is 10.9. The van der Waals surface area contributed by atoms with Gasteiger partial charge in [-0.1, -0.05) is 60.1 Å². The molecule has 0 spiro atoms. The fourth-order valence-electron chi connectivity index (χ4n) is 4.84. The normalized spacial score (nSPS) is 23.3. The first-order valence-corrected chi connectivity index (χ1v) is 14.4. The molecule has 5 rings (SSSR count). The maximum atomic E-state index is 13.5. The summed E-state index contributed by atoms with van der Waals surface area (Å²) in [6, 6.07) is 15.3. The number of rotatable bonds is 5. The van der Waals surface area contributed by atoms with Crippen LogP contribution in [-0.4, -0.2) is 31.0 Å². The zero-order valence-corrected chi connectivity index (χ0v) is 22.5. The molecular formula is C28H26Cl2FN3O2S. The van der Waals surface area contributed by atoms with Crippen molar-refractivity contribution in [1.82, 2.24) is 15.1 Å². The van der Waals surface area contributed by atoms with E-state index in [0.717, 1.165) is 22.4 Å². The van der Waals surface area contributed by atoms with Gasteiger partial charge in [0.15, 0.2) is 5.69 Å². The van der Waals surface area contributed by atoms with E-state index in [1.165, 1.54) is 12.1 Å². The molecule has 0 saturated carbocycles. The van der Waals surface area contributed by atoms with Crippen molar-refractivity contribution >= 4 is 51.6 Å². The molecule has 0 saturated heterocycles. The van der Waals surface area contributed by atoms with Crippen LogP contribution in [0.1, 0.15) is 64.7 Å². The molecule has 1 N–H and O–H groups in total. The minimum atomic E-state index is -1.23. The second-order valence-electron chi connectivity index (χ2n) is 9.35. The number of aromatic nitrogens is 2. The smallest absolute Gasteiger partial charge is 0.272 e. The second-order valence-corrected chi connectivity index (χ2v) is 11.9. The van der Waals surface area contributed by atoms with Gasteiger partial charge >= 0.3 is 0 Å². The van der Waals surface area contributed by atoms with Gasteiger partial charge < -0.3 is 5.32 Å². The number of hydrogen-bond donors (Lipinski definition) is 1. The van der Waals surface area contributed by atoms with Gasteiger partial charge in [-0.05, 0) is 48.3 Å². The van der Waals surface area contributed by atoms with E-state index in [1.807, 2.05) is 54.1 Å². The van der Waals surface area contributed by atoms with Gasteiger partial charge in [0.2, 0.25) is 0 Å². The van der Waals surface area contributed by atoms with Crippen LogP contribution in [0.2, 0.25) is 0 Å². The Bertz CT molecular complexity index is 1400. The maximum absolute atomic E-state index is 13.5. The Morgan fingerprint density at radius 1 is 1.19 bits per heavy atom. The van der Waals surface area contributed by atoms with Crippen LogP contribution in [0.5, 0.6) is 0 Å². The van der Waals surface area contributed by atoms with Gasteiger partial charge in [-0.15, -0.1) is 11.6 Å². The van der Waals surface area contributed by atoms with Crippen LogP contribution in [0.15, 0.2) is 65.7 Å². The molecule has 5 nitrogen and oxygen atoms in total. The van der Waals surface area contributed by atoms with E-state index in [0.29, 0.717) is 29.2 Å². The van der Waals surface area contributed by atoms with Crippen molar-refractivity contribution in [2.75, 3.05) is 5.75 Å². The van der Waals surface area contributed by atoms with Crippen molar-refractivity contribution < 1.29 is 13.4 Å². The Morgan fingerprint density at radius 2 is 1.92 bits per heavy atom. The molecule has 1 aliphatic carbocycles. The number of carbonyl (C=O) groups is 1. The summed E-state index contributed by atoms with van der Waals surface area (Å²) in [5.41, 5.74) is 4.16. The maximum Gasteiger partial charge on any atom is 0.272 e. The Kier molecular flexibility index (Phi) is 7.65. The van der Waals surface area contributed by atoms with E-state index in [-0.39, 0.29) is 40.6 Å². The molecule has 4 atom stereocenters. The topological polar surface area (TPSA) is 64.0 Å². The minimum absolute atomic E-state index is 0.217. The lowest BCUT2D eigenvalue weighted by molar-refractivity contribution is 0.0933. The largest absolute Gasteiger partial charge is 0.344 e. The average Bonchev–Trinajstić information content (AvgIpc) is 3.25. The van der Waals surface area contributed by atoms with Crippen LogP contribution >= 0.6 is 23.2 Å². The summed E-state index contributed by atoms with van der Waals surface area (Å²) in [5.74, 6) is -0.146. The summed E-state index contributed by atoms with van der Waals surface area (Å²) in [5, 5.41) is 8.22. The quantitative estimate of drug-likeness (QED) is 0.370. The fraction of sp³-hybridized carbons (Fsp3) is 0.286. The number of hydrogen-bond acceptors (Lipinski definition) is 3. The molecule has 192 valence electrons. The van der Waals surface area contributed by atoms with Crippen molar-refractivity contribution in [3.63, 3.8) is 0 Å². The Balaban J connectivity index is 1.60. The highest BCUT2D eigenvalue weighted by atomic mass is 35.5. The van der Waals surface area contributed by atoms with Gasteiger partial charge in [0, 0.05) is 27.8 Å². The molecule has 0 fully saturated rings. The molecule has 3 unspecified atom stereocenters. The zero-order valence-electron chi connectivity index (χ0n) is 20.2. The van der Waals surface area contributed by atoms with E-state index >= 15 is 0 Å². The van der Waals surface area contributed by atoms with E-state index in [1.54, 1.807) is 12.1 Å². The number of benzene rings is 2. The Labute approximate surface area is 227 Å². The molecule has 9 heteroatoms. The van der Waals surface area contributed by atoms with Crippen molar-refractivity contribution in [3.05, 3.63) is 99.6 Å². The highest BCUT2D eigenvalue weighted by molar-refractivity contribution is 7.84. The van der Waals surface area contributed by atoms with E-state index < -0.39 is 10.8 Å². The van der Waals surface area contributed by atoms with Gasteiger partial charge in [-0.25, -0.2) is 4.39 Å². The third-order valence-electron chi connectivity index (χ3n) is 6.71. The van der Waals surface area contributed by atoms with Gasteiger partial charge in [0.25, 0.3) is 5.91 Å². The summed E-state index contributed by atoms with van der Waals surface area (Å²) < 4.78 is 28.3. The average molecular weight is 559 g/mol. The number of alkyl halides is 1. The number of amides is 1. The van der Waals surface area contributed by atoms with Gasteiger partial charge in [0.1, 0.15) is 5.82 Å². The Hall–Kier alpha value is -2.74. The van der Waals surface area contributed by atoms with Gasteiger partial charge in [-0.2, -0.15) is 5.10 Å². The summed E-state index contributed by atoms with van der Waals surface area (Å²) >= 11 is 13.0. The predicted octanol–water partition coefficient (Wildman–Crippen LogP) is 6.38. The third kappa shape index (κ3) is 5.59. The summed E-state index contributed by atoms with van der Waals surface area (Å²) in [7, 11) is -1.23. The molecular weight excluding hydrogens is 532 g/mol. The van der Waals surface area contributed by atoms with Crippen molar-refractivity contribution in [2.45, 2.75) is 43.0 Å². The lowest BCUT2D eigenvalue weighted by Crippen LogP contribution is -2.28. The number of fused-ring (bicyclic) bond motifs is 1. The molecule has 2 aromatic carbocycles. The lowest BCUT2D eigenvalue weighted by atomic mass is 9.99. The first-order valence-electron chi connectivity index (χ1n) is 12.1. The molecule has 2 aliphatic rings. The number of nitrogens with zero attached hydrogens (tertiary/aromatic N) is 2. The predicted molar refractivity (Wildman–Crippen MR) is 147 cm³/mol. The summed E-state index contributed by atoms with van der Waals surface area (Å²) in [4.78, 5) is 13.5. The molecule has 37 heavy (non-hydrogen) atoms. The first kappa shape index (κ1) is 25.9. The SMILES string of the molecule is C[C@H](NC(=O)c1nn(C2CC=C(Cl)CC2Cl)c2c1CS(=O)C/C2=C\c1ccc(F)cc1)c1ccccc1. The minimum Gasteiger partial charge on any atom is -0.344 e. The van der Waals surface area contributed by atoms with E-state index in [2.05, 4.69) is 5.32 Å². The summed E-state index contributed by atoms with van der Waals surface area (Å²) in [6.07, 6.45) is 4.88. The molecule has 1 amide bonds. The van der Waals surface area contributed by atoms with E-state index in [9.17, 15) is 13.4 Å². The summed E-state index contributed by atoms with van der Waals surface area (Å²) in [6.45, 7) is 1.91. The van der Waals surface area contributed by atoms with Crippen LogP contribution in [0.25, 0.3) is 11.6 Å². The van der Waals surface area contributed by atoms with Crippen LogP contribution < -0.4 is 5.32 Å². The lowest BCUT2D eigenvalue weighted by Gasteiger charge is -2.28. The van der Waals surface area contributed by atoms with Crippen LogP contribution in [0.3, 0.4) is 0 Å². The third-order valence-corrected chi connectivity index (χ3v) is 8.71. The molecule has 1 aliphatic heterocycles. The highest BCUT2D eigenvalue weighted by Crippen LogP contribution is 2.39. The molecule has 2 heterocycles. The van der Waals surface area contributed by atoms with Crippen molar-refractivity contribution in [1.29, 1.82) is 0 Å². The van der Waals surface area contributed by atoms with Crippen LogP contribution in [0, 0.1) is 5.82 Å². The molecule has 1 aromatic heterocycles. The van der Waals surface area contributed by atoms with Crippen molar-refractivity contribution in [3.8, 4) is 0 Å². The van der Waals surface area contributed by atoms with Crippen LogP contribution in [0.4, 0.5) is 4.39 Å². The van der Waals surface area contributed by atoms with Crippen molar-refractivity contribution in [2.24, 2.45) is 0 Å². The van der Waals surface area contributed by atoms with Crippen LogP contribution in [-0.2, 0) is 16.6 Å². The Morgan fingerprint density at radius 3 is 2.62 bits per heavy atom. The number of halogens is 3. The van der Waals surface area contributed by atoms with Gasteiger partial charge in [0.05, 0.1) is 34.7 Å². The fourth-order valence-corrected chi connectivity index (χ4v) is 6.81. The molecule has 0 bridgehead atoms. The number of nitrogens with one attached hydrogen (secondary N) is 1. The standard InChI is InChI=1S/C28H26Cl2FN3O2S/c1-17(19-5-3-2-4-6-19)32-28(35)26-23-16-37(36)15-20(13-18-7-10-22(31)11-8-18)27(23)34(33-26)25-12-9-21(29)14-24(25)30/h2-11,13,17,24-25H,12,14-16H2,1H3,(H,32,35)/b20-13+/t17-,24?,25?,37?/m0/s1. The number of allylic oxidation sites excluding steroid dienone is 2. The van der Waals surface area contributed by atoms with Gasteiger partial charge in [-0.3, -0.25) is 13.7 Å². The first-order chi connectivity index (χ1) is 17.8. The molecule has 0 radical (unpaired) electrons. The highest BCUT2D eigenvalue weighted by Gasteiger charge is 2.36. The van der Waals surface area contributed by atoms with E-state index in [4.69, 9.17) is 28.3 Å².